The normalized spacial score (nSPS) is 12.0. The number of ether oxygens (including phenoxy) is 2. The number of hydrogen-bond donors (Lipinski definition) is 2. The van der Waals surface area contributed by atoms with Crippen LogP contribution in [0.2, 0.25) is 0 Å². The molecule has 0 saturated carbocycles. The monoisotopic (exact) mass is 335 g/mol. The fourth-order valence-corrected chi connectivity index (χ4v) is 2.55. The van der Waals surface area contributed by atoms with Gasteiger partial charge in [-0.3, -0.25) is 14.6 Å². The highest BCUT2D eigenvalue weighted by molar-refractivity contribution is 6.44. The highest BCUT2D eigenvalue weighted by Crippen LogP contribution is 2.34. The average molecular weight is 335 g/mol. The second-order valence-corrected chi connectivity index (χ2v) is 5.36. The van der Waals surface area contributed by atoms with Gasteiger partial charge < -0.3 is 20.1 Å². The van der Waals surface area contributed by atoms with Gasteiger partial charge in [-0.25, -0.2) is 0 Å². The number of nitrogens with zero attached hydrogens (tertiary/aromatic N) is 1. The van der Waals surface area contributed by atoms with Crippen molar-refractivity contribution in [3.8, 4) is 11.5 Å². The van der Waals surface area contributed by atoms with E-state index in [0.717, 1.165) is 5.39 Å². The van der Waals surface area contributed by atoms with Crippen molar-refractivity contribution in [2.75, 3.05) is 17.4 Å². The first-order valence-electron chi connectivity index (χ1n) is 7.56. The lowest BCUT2D eigenvalue weighted by molar-refractivity contribution is -0.132. The van der Waals surface area contributed by atoms with Gasteiger partial charge in [0.05, 0.1) is 11.2 Å². The number of aromatic nitrogens is 1. The van der Waals surface area contributed by atoms with Crippen molar-refractivity contribution in [2.24, 2.45) is 0 Å². The number of pyridine rings is 1. The quantitative estimate of drug-likeness (QED) is 0.703. The van der Waals surface area contributed by atoms with Gasteiger partial charge in [0, 0.05) is 23.3 Å². The van der Waals surface area contributed by atoms with Crippen LogP contribution in [-0.4, -0.2) is 23.6 Å². The van der Waals surface area contributed by atoms with Crippen molar-refractivity contribution in [3.05, 3.63) is 54.7 Å². The lowest BCUT2D eigenvalue weighted by Crippen LogP contribution is -2.29. The van der Waals surface area contributed by atoms with Gasteiger partial charge in [0.1, 0.15) is 0 Å². The summed E-state index contributed by atoms with van der Waals surface area (Å²) in [6, 6.07) is 14.0. The fraction of sp³-hybridized carbons (Fsp3) is 0.0556. The molecule has 1 aliphatic rings. The van der Waals surface area contributed by atoms with Crippen molar-refractivity contribution in [2.45, 2.75) is 0 Å². The molecule has 0 unspecified atom stereocenters. The third-order valence-electron chi connectivity index (χ3n) is 3.72. The Hall–Kier alpha value is -3.61. The lowest BCUT2D eigenvalue weighted by atomic mass is 10.2. The van der Waals surface area contributed by atoms with Gasteiger partial charge in [0.15, 0.2) is 11.5 Å². The van der Waals surface area contributed by atoms with Crippen LogP contribution in [0.5, 0.6) is 11.5 Å². The second-order valence-electron chi connectivity index (χ2n) is 5.36. The van der Waals surface area contributed by atoms with Crippen molar-refractivity contribution >= 4 is 34.1 Å². The summed E-state index contributed by atoms with van der Waals surface area (Å²) in [5.41, 5.74) is 1.54. The molecule has 0 aliphatic carbocycles. The number of carbonyl (C=O) groups is 2. The summed E-state index contributed by atoms with van der Waals surface area (Å²) in [7, 11) is 0. The number of benzene rings is 2. The molecule has 0 atom stereocenters. The van der Waals surface area contributed by atoms with Crippen molar-refractivity contribution in [1.29, 1.82) is 0 Å². The topological polar surface area (TPSA) is 89.5 Å². The average Bonchev–Trinajstić information content (AvgIpc) is 3.10. The van der Waals surface area contributed by atoms with Gasteiger partial charge >= 0.3 is 11.8 Å². The highest BCUT2D eigenvalue weighted by atomic mass is 16.7. The summed E-state index contributed by atoms with van der Waals surface area (Å²) < 4.78 is 10.4. The van der Waals surface area contributed by atoms with Gasteiger partial charge in [-0.15, -0.1) is 0 Å². The maximum Gasteiger partial charge on any atom is 0.314 e. The van der Waals surface area contributed by atoms with Crippen LogP contribution in [-0.2, 0) is 9.59 Å². The van der Waals surface area contributed by atoms with Gasteiger partial charge in [-0.05, 0) is 24.3 Å². The van der Waals surface area contributed by atoms with Crippen LogP contribution in [0.15, 0.2) is 54.7 Å². The number of carbonyl (C=O) groups excluding carboxylic acids is 2. The Kier molecular flexibility index (Phi) is 3.66. The predicted molar refractivity (Wildman–Crippen MR) is 91.6 cm³/mol. The van der Waals surface area contributed by atoms with Crippen LogP contribution in [0.1, 0.15) is 0 Å². The number of fused-ring (bicyclic) bond motifs is 2. The zero-order valence-electron chi connectivity index (χ0n) is 13.0. The maximum absolute atomic E-state index is 12.2. The van der Waals surface area contributed by atoms with E-state index in [1.54, 1.807) is 42.6 Å². The van der Waals surface area contributed by atoms with E-state index >= 15 is 0 Å². The van der Waals surface area contributed by atoms with E-state index in [0.29, 0.717) is 28.4 Å². The largest absolute Gasteiger partial charge is 0.454 e. The zero-order valence-corrected chi connectivity index (χ0v) is 13.0. The molecule has 0 spiro atoms. The van der Waals surface area contributed by atoms with Gasteiger partial charge in [0.2, 0.25) is 6.79 Å². The molecule has 0 fully saturated rings. The summed E-state index contributed by atoms with van der Waals surface area (Å²) in [6.45, 7) is 0.140. The molecule has 3 aromatic rings. The first-order valence-corrected chi connectivity index (χ1v) is 7.56. The van der Waals surface area contributed by atoms with Crippen LogP contribution in [0.25, 0.3) is 10.9 Å². The Morgan fingerprint density at radius 3 is 2.64 bits per heavy atom. The Morgan fingerprint density at radius 1 is 0.920 bits per heavy atom. The number of amides is 2. The Balaban J connectivity index is 1.50. The minimum atomic E-state index is -0.785. The first-order chi connectivity index (χ1) is 12.2. The molecule has 25 heavy (non-hydrogen) atoms. The van der Waals surface area contributed by atoms with E-state index in [4.69, 9.17) is 9.47 Å². The molecule has 0 bridgehead atoms. The van der Waals surface area contributed by atoms with Crippen LogP contribution < -0.4 is 20.1 Å². The molecule has 0 saturated heterocycles. The third kappa shape index (κ3) is 2.94. The number of para-hydroxylation sites is 1. The molecule has 2 heterocycles. The molecule has 2 N–H and O–H groups in total. The fourth-order valence-electron chi connectivity index (χ4n) is 2.55. The predicted octanol–water partition coefficient (Wildman–Crippen LogP) is 2.54. The van der Waals surface area contributed by atoms with Crippen LogP contribution in [0, 0.1) is 0 Å². The van der Waals surface area contributed by atoms with E-state index in [2.05, 4.69) is 15.6 Å². The van der Waals surface area contributed by atoms with Crippen LogP contribution >= 0.6 is 0 Å². The molecule has 0 radical (unpaired) electrons. The van der Waals surface area contributed by atoms with Crippen LogP contribution in [0.3, 0.4) is 0 Å². The molecule has 7 heteroatoms. The minimum absolute atomic E-state index is 0.140. The molecule has 1 aliphatic heterocycles. The van der Waals surface area contributed by atoms with E-state index in [1.165, 1.54) is 0 Å². The first kappa shape index (κ1) is 14.9. The minimum Gasteiger partial charge on any atom is -0.454 e. The molecule has 124 valence electrons. The van der Waals surface area contributed by atoms with E-state index < -0.39 is 11.8 Å². The van der Waals surface area contributed by atoms with E-state index in [9.17, 15) is 9.59 Å². The van der Waals surface area contributed by atoms with Crippen molar-refractivity contribution in [3.63, 3.8) is 0 Å². The molecule has 2 aromatic carbocycles. The summed E-state index contributed by atoms with van der Waals surface area (Å²) in [6.07, 6.45) is 1.63. The van der Waals surface area contributed by atoms with Crippen molar-refractivity contribution in [1.82, 2.24) is 4.98 Å². The highest BCUT2D eigenvalue weighted by Gasteiger charge is 2.18. The molecule has 7 nitrogen and oxygen atoms in total. The maximum atomic E-state index is 12.2. The molecule has 2 amide bonds. The molecular weight excluding hydrogens is 322 g/mol. The Morgan fingerprint density at radius 2 is 1.72 bits per heavy atom. The van der Waals surface area contributed by atoms with Crippen LogP contribution in [0.4, 0.5) is 11.4 Å². The van der Waals surface area contributed by atoms with E-state index in [1.807, 2.05) is 12.1 Å². The van der Waals surface area contributed by atoms with Gasteiger partial charge in [-0.1, -0.05) is 18.2 Å². The van der Waals surface area contributed by atoms with E-state index in [-0.39, 0.29) is 6.79 Å². The molecule has 1 aromatic heterocycles. The number of rotatable bonds is 2. The number of anilines is 2. The van der Waals surface area contributed by atoms with Gasteiger partial charge in [-0.2, -0.15) is 0 Å². The number of hydrogen-bond acceptors (Lipinski definition) is 5. The molecular formula is C18H13N3O4. The summed E-state index contributed by atoms with van der Waals surface area (Å²) in [5, 5.41) is 5.99. The summed E-state index contributed by atoms with van der Waals surface area (Å²) >= 11 is 0. The summed E-state index contributed by atoms with van der Waals surface area (Å²) in [4.78, 5) is 28.6. The SMILES string of the molecule is O=C(Nc1ccc2c(c1)OCO2)C(=O)Nc1cccc2cccnc12. The lowest BCUT2D eigenvalue weighted by Gasteiger charge is -2.09. The Labute approximate surface area is 142 Å². The second kappa shape index (κ2) is 6.12. The standard InChI is InChI=1S/C18H13N3O4/c22-17(20-12-6-7-14-15(9-12)25-10-24-14)18(23)21-13-5-1-3-11-4-2-8-19-16(11)13/h1-9H,10H2,(H,20,22)(H,21,23). The van der Waals surface area contributed by atoms with Gasteiger partial charge in [0.25, 0.3) is 0 Å². The van der Waals surface area contributed by atoms with Crippen molar-refractivity contribution < 1.29 is 19.1 Å². The Bertz CT molecular complexity index is 982. The smallest absolute Gasteiger partial charge is 0.314 e. The molecule has 4 rings (SSSR count). The zero-order chi connectivity index (χ0) is 17.2. The number of nitrogens with one attached hydrogen (secondary N) is 2. The third-order valence-corrected chi connectivity index (χ3v) is 3.72. The summed E-state index contributed by atoms with van der Waals surface area (Å²) in [5.74, 6) is -0.441.